The van der Waals surface area contributed by atoms with Crippen LogP contribution in [0.4, 0.5) is 5.69 Å². The van der Waals surface area contributed by atoms with Crippen molar-refractivity contribution in [2.75, 3.05) is 5.32 Å². The van der Waals surface area contributed by atoms with Crippen LogP contribution in [0.25, 0.3) is 5.82 Å². The minimum Gasteiger partial charge on any atom is -0.320 e. The van der Waals surface area contributed by atoms with E-state index in [4.69, 9.17) is 11.6 Å². The number of amides is 1. The first kappa shape index (κ1) is 15.2. The molecule has 0 spiro atoms. The molecular weight excluding hydrogens is 314 g/mol. The highest BCUT2D eigenvalue weighted by atomic mass is 35.5. The Bertz CT molecular complexity index is 857. The Balaban J connectivity index is 1.81. The number of benzene rings is 1. The van der Waals surface area contributed by atoms with Gasteiger partial charge in [0.05, 0.1) is 0 Å². The third kappa shape index (κ3) is 3.07. The molecule has 0 saturated heterocycles. The number of aryl methyl sites for hydroxylation is 1. The van der Waals surface area contributed by atoms with E-state index in [1.165, 1.54) is 0 Å². The van der Waals surface area contributed by atoms with E-state index in [9.17, 15) is 4.79 Å². The molecule has 23 heavy (non-hydrogen) atoms. The van der Waals surface area contributed by atoms with Gasteiger partial charge in [-0.3, -0.25) is 9.36 Å². The summed E-state index contributed by atoms with van der Waals surface area (Å²) in [6.45, 7) is 3.71. The van der Waals surface area contributed by atoms with E-state index in [0.717, 1.165) is 11.4 Å². The van der Waals surface area contributed by atoms with Gasteiger partial charge in [-0.15, -0.1) is 10.2 Å². The summed E-state index contributed by atoms with van der Waals surface area (Å²) in [4.78, 5) is 16.4. The monoisotopic (exact) mass is 327 g/mol. The van der Waals surface area contributed by atoms with Crippen LogP contribution < -0.4 is 5.32 Å². The highest BCUT2D eigenvalue weighted by molar-refractivity contribution is 6.31. The van der Waals surface area contributed by atoms with Crippen LogP contribution in [0.3, 0.4) is 0 Å². The van der Waals surface area contributed by atoms with Crippen molar-refractivity contribution in [1.29, 1.82) is 0 Å². The van der Waals surface area contributed by atoms with Crippen molar-refractivity contribution in [1.82, 2.24) is 19.7 Å². The summed E-state index contributed by atoms with van der Waals surface area (Å²) in [5.41, 5.74) is 1.69. The lowest BCUT2D eigenvalue weighted by Gasteiger charge is -2.09. The quantitative estimate of drug-likeness (QED) is 0.802. The maximum Gasteiger partial charge on any atom is 0.276 e. The van der Waals surface area contributed by atoms with Gasteiger partial charge in [-0.2, -0.15) is 0 Å². The van der Waals surface area contributed by atoms with Crippen LogP contribution in [0.2, 0.25) is 5.02 Å². The molecule has 0 aliphatic carbocycles. The molecule has 1 aromatic carbocycles. The topological polar surface area (TPSA) is 72.7 Å². The smallest absolute Gasteiger partial charge is 0.276 e. The number of imidazole rings is 1. The number of aromatic nitrogens is 4. The van der Waals surface area contributed by atoms with Crippen LogP contribution in [-0.2, 0) is 0 Å². The molecule has 1 N–H and O–H groups in total. The Morgan fingerprint density at radius 2 is 2.00 bits per heavy atom. The Morgan fingerprint density at radius 3 is 2.65 bits per heavy atom. The fourth-order valence-electron chi connectivity index (χ4n) is 2.12. The van der Waals surface area contributed by atoms with Crippen molar-refractivity contribution in [3.63, 3.8) is 0 Å². The van der Waals surface area contributed by atoms with E-state index < -0.39 is 0 Å². The molecule has 0 radical (unpaired) electrons. The lowest BCUT2D eigenvalue weighted by Crippen LogP contribution is -2.15. The summed E-state index contributed by atoms with van der Waals surface area (Å²) in [6.07, 6.45) is 3.47. The summed E-state index contributed by atoms with van der Waals surface area (Å²) in [6, 6.07) is 8.68. The van der Waals surface area contributed by atoms with Crippen LogP contribution in [-0.4, -0.2) is 25.7 Å². The van der Waals surface area contributed by atoms with E-state index in [1.54, 1.807) is 47.3 Å². The third-order valence-electron chi connectivity index (χ3n) is 3.47. The van der Waals surface area contributed by atoms with Crippen molar-refractivity contribution >= 4 is 23.2 Å². The normalized spacial score (nSPS) is 10.6. The lowest BCUT2D eigenvalue weighted by molar-refractivity contribution is 0.102. The number of carbonyl (C=O) groups is 1. The minimum absolute atomic E-state index is 0.228. The molecular formula is C16H14ClN5O. The Labute approximate surface area is 138 Å². The molecule has 0 unspecified atom stereocenters. The summed E-state index contributed by atoms with van der Waals surface area (Å²) in [7, 11) is 0. The first-order valence-electron chi connectivity index (χ1n) is 6.97. The maximum atomic E-state index is 12.3. The molecule has 116 valence electrons. The number of nitrogens with one attached hydrogen (secondary N) is 1. The van der Waals surface area contributed by atoms with Crippen molar-refractivity contribution in [3.8, 4) is 5.82 Å². The third-order valence-corrected chi connectivity index (χ3v) is 3.88. The van der Waals surface area contributed by atoms with Gasteiger partial charge in [0.2, 0.25) is 0 Å². The predicted octanol–water partition coefficient (Wildman–Crippen LogP) is 3.18. The Morgan fingerprint density at radius 1 is 1.17 bits per heavy atom. The fourth-order valence-corrected chi connectivity index (χ4v) is 2.30. The molecule has 2 aromatic heterocycles. The van der Waals surface area contributed by atoms with Crippen molar-refractivity contribution in [2.45, 2.75) is 13.8 Å². The number of rotatable bonds is 3. The SMILES string of the molecule is Cc1c(Cl)cccc1NC(=O)c1ccc(-n2ccnc2C)nn1. The van der Waals surface area contributed by atoms with Crippen molar-refractivity contribution in [2.24, 2.45) is 0 Å². The zero-order valence-electron chi connectivity index (χ0n) is 12.6. The molecule has 1 amide bonds. The average Bonchev–Trinajstić information content (AvgIpc) is 2.98. The van der Waals surface area contributed by atoms with Crippen LogP contribution in [0.15, 0.2) is 42.7 Å². The molecule has 0 atom stereocenters. The Hall–Kier alpha value is -2.73. The van der Waals surface area contributed by atoms with Gasteiger partial charge in [0.15, 0.2) is 11.5 Å². The van der Waals surface area contributed by atoms with Gasteiger partial charge in [-0.25, -0.2) is 4.98 Å². The number of hydrogen-bond acceptors (Lipinski definition) is 4. The van der Waals surface area contributed by atoms with Gasteiger partial charge in [0, 0.05) is 23.1 Å². The standard InChI is InChI=1S/C16H14ClN5O/c1-10-12(17)4-3-5-13(10)19-16(23)14-6-7-15(21-20-14)22-9-8-18-11(22)2/h3-9H,1-2H3,(H,19,23). The zero-order chi connectivity index (χ0) is 16.4. The molecule has 7 heteroatoms. The fraction of sp³-hybridized carbons (Fsp3) is 0.125. The van der Waals surface area contributed by atoms with E-state index >= 15 is 0 Å². The zero-order valence-corrected chi connectivity index (χ0v) is 13.4. The van der Waals surface area contributed by atoms with Gasteiger partial charge in [0.1, 0.15) is 5.82 Å². The molecule has 6 nitrogen and oxygen atoms in total. The molecule has 0 bridgehead atoms. The van der Waals surface area contributed by atoms with Crippen molar-refractivity contribution < 1.29 is 4.79 Å². The second-order valence-electron chi connectivity index (χ2n) is 4.99. The predicted molar refractivity (Wildman–Crippen MR) is 88.0 cm³/mol. The molecule has 0 fully saturated rings. The second-order valence-corrected chi connectivity index (χ2v) is 5.39. The molecule has 3 rings (SSSR count). The summed E-state index contributed by atoms with van der Waals surface area (Å²) >= 11 is 6.05. The summed E-state index contributed by atoms with van der Waals surface area (Å²) in [5.74, 6) is 1.07. The minimum atomic E-state index is -0.336. The molecule has 3 aromatic rings. The first-order valence-corrected chi connectivity index (χ1v) is 7.34. The van der Waals surface area contributed by atoms with Gasteiger partial charge < -0.3 is 5.32 Å². The number of carbonyl (C=O) groups excluding carboxylic acids is 1. The van der Waals surface area contributed by atoms with Gasteiger partial charge in [-0.1, -0.05) is 17.7 Å². The second kappa shape index (κ2) is 6.18. The van der Waals surface area contributed by atoms with Crippen LogP contribution in [0, 0.1) is 13.8 Å². The van der Waals surface area contributed by atoms with Crippen LogP contribution in [0.5, 0.6) is 0 Å². The van der Waals surface area contributed by atoms with Crippen LogP contribution in [0.1, 0.15) is 21.9 Å². The maximum absolute atomic E-state index is 12.3. The highest BCUT2D eigenvalue weighted by Crippen LogP contribution is 2.23. The molecule has 0 saturated carbocycles. The van der Waals surface area contributed by atoms with Gasteiger partial charge in [0.25, 0.3) is 5.91 Å². The Kier molecular flexibility index (Phi) is 4.08. The van der Waals surface area contributed by atoms with Crippen LogP contribution >= 0.6 is 11.6 Å². The van der Waals surface area contributed by atoms with Gasteiger partial charge in [-0.05, 0) is 43.7 Å². The number of nitrogens with zero attached hydrogens (tertiary/aromatic N) is 4. The van der Waals surface area contributed by atoms with E-state index in [-0.39, 0.29) is 11.6 Å². The van der Waals surface area contributed by atoms with Crippen molar-refractivity contribution in [3.05, 3.63) is 64.8 Å². The van der Waals surface area contributed by atoms with Gasteiger partial charge >= 0.3 is 0 Å². The van der Waals surface area contributed by atoms with E-state index in [1.807, 2.05) is 13.8 Å². The average molecular weight is 328 g/mol. The molecule has 2 heterocycles. The van der Waals surface area contributed by atoms with E-state index in [2.05, 4.69) is 20.5 Å². The molecule has 0 aliphatic rings. The number of anilines is 1. The number of hydrogen-bond donors (Lipinski definition) is 1. The lowest BCUT2D eigenvalue weighted by atomic mass is 10.2. The number of halogens is 1. The first-order chi connectivity index (χ1) is 11.1. The molecule has 0 aliphatic heterocycles. The van der Waals surface area contributed by atoms with E-state index in [0.29, 0.717) is 16.5 Å². The highest BCUT2D eigenvalue weighted by Gasteiger charge is 2.12. The summed E-state index contributed by atoms with van der Waals surface area (Å²) < 4.78 is 1.79. The summed E-state index contributed by atoms with van der Waals surface area (Å²) in [5, 5.41) is 11.4. The largest absolute Gasteiger partial charge is 0.320 e.